The second-order valence-electron chi connectivity index (χ2n) is 3.61. The van der Waals surface area contributed by atoms with Gasteiger partial charge in [-0.25, -0.2) is 5.43 Å². The fourth-order valence-corrected chi connectivity index (χ4v) is 1.53. The van der Waals surface area contributed by atoms with Crippen LogP contribution >= 0.6 is 0 Å². The van der Waals surface area contributed by atoms with Gasteiger partial charge in [0.15, 0.2) is 5.58 Å². The second kappa shape index (κ2) is 4.67. The van der Waals surface area contributed by atoms with Crippen LogP contribution in [0.15, 0.2) is 58.2 Å². The molecule has 18 heavy (non-hydrogen) atoms. The van der Waals surface area contributed by atoms with E-state index < -0.39 is 0 Å². The minimum atomic E-state index is 0.364. The van der Waals surface area contributed by atoms with Crippen molar-refractivity contribution in [3.05, 3.63) is 54.4 Å². The number of aromatic nitrogens is 2. The molecule has 0 bridgehead atoms. The molecule has 0 radical (unpaired) electrons. The lowest BCUT2D eigenvalue weighted by Crippen LogP contribution is -1.91. The largest absolute Gasteiger partial charge is 0.422 e. The fraction of sp³-hybridized carbons (Fsp3) is 0. The van der Waals surface area contributed by atoms with E-state index in [1.807, 2.05) is 42.5 Å². The van der Waals surface area contributed by atoms with Crippen molar-refractivity contribution in [3.8, 4) is 0 Å². The molecular weight excluding hydrogens is 228 g/mol. The van der Waals surface area contributed by atoms with E-state index in [9.17, 15) is 0 Å². The van der Waals surface area contributed by atoms with Crippen LogP contribution in [0, 0.1) is 0 Å². The molecule has 0 saturated carbocycles. The van der Waals surface area contributed by atoms with Gasteiger partial charge in [0.1, 0.15) is 5.52 Å². The average Bonchev–Trinajstić information content (AvgIpc) is 2.82. The molecule has 0 aliphatic carbocycles. The molecule has 0 spiro atoms. The molecule has 2 aromatic heterocycles. The van der Waals surface area contributed by atoms with Crippen LogP contribution in [0.4, 0.5) is 6.01 Å². The van der Waals surface area contributed by atoms with Gasteiger partial charge in [0, 0.05) is 6.20 Å². The van der Waals surface area contributed by atoms with Gasteiger partial charge >= 0.3 is 6.01 Å². The van der Waals surface area contributed by atoms with Crippen LogP contribution in [0.3, 0.4) is 0 Å². The highest BCUT2D eigenvalue weighted by Crippen LogP contribution is 2.17. The molecule has 0 atom stereocenters. The minimum absolute atomic E-state index is 0.364. The first-order chi connectivity index (χ1) is 8.92. The summed E-state index contributed by atoms with van der Waals surface area (Å²) in [5.74, 6) is 0. The first-order valence-electron chi connectivity index (χ1n) is 5.47. The molecule has 0 unspecified atom stereocenters. The Kier molecular flexibility index (Phi) is 2.71. The topological polar surface area (TPSA) is 63.3 Å². The van der Waals surface area contributed by atoms with E-state index >= 15 is 0 Å². The average molecular weight is 238 g/mol. The van der Waals surface area contributed by atoms with Gasteiger partial charge in [0.2, 0.25) is 0 Å². The molecule has 0 aliphatic rings. The van der Waals surface area contributed by atoms with Gasteiger partial charge < -0.3 is 4.42 Å². The summed E-state index contributed by atoms with van der Waals surface area (Å²) in [7, 11) is 0. The number of fused-ring (bicyclic) bond motifs is 1. The lowest BCUT2D eigenvalue weighted by atomic mass is 10.3. The number of nitrogens with zero attached hydrogens (tertiary/aromatic N) is 3. The molecule has 1 N–H and O–H groups in total. The molecule has 5 heteroatoms. The number of benzene rings is 1. The highest BCUT2D eigenvalue weighted by Gasteiger charge is 2.02. The number of hydrogen-bond donors (Lipinski definition) is 1. The number of para-hydroxylation sites is 2. The Hall–Kier alpha value is -2.69. The van der Waals surface area contributed by atoms with Crippen LogP contribution in [-0.2, 0) is 0 Å². The molecule has 3 rings (SSSR count). The Bertz CT molecular complexity index is 643. The third kappa shape index (κ3) is 2.20. The van der Waals surface area contributed by atoms with E-state index in [4.69, 9.17) is 4.42 Å². The first-order valence-corrected chi connectivity index (χ1v) is 5.47. The Morgan fingerprint density at radius 2 is 2.00 bits per heavy atom. The molecular formula is C13H10N4O. The van der Waals surface area contributed by atoms with Crippen molar-refractivity contribution >= 4 is 23.3 Å². The van der Waals surface area contributed by atoms with Crippen molar-refractivity contribution in [1.82, 2.24) is 9.97 Å². The van der Waals surface area contributed by atoms with Gasteiger partial charge in [-0.15, -0.1) is 0 Å². The number of nitrogens with one attached hydrogen (secondary N) is 1. The monoisotopic (exact) mass is 238 g/mol. The van der Waals surface area contributed by atoms with Crippen molar-refractivity contribution in [1.29, 1.82) is 0 Å². The van der Waals surface area contributed by atoms with E-state index in [2.05, 4.69) is 20.5 Å². The SMILES string of the molecule is C(=N\Nc1nc2ccccc2o1)/c1ccccn1. The predicted octanol–water partition coefficient (Wildman–Crippen LogP) is 2.67. The van der Waals surface area contributed by atoms with Crippen LogP contribution in [0.2, 0.25) is 0 Å². The zero-order chi connectivity index (χ0) is 12.2. The van der Waals surface area contributed by atoms with Crippen LogP contribution in [0.5, 0.6) is 0 Å². The molecule has 2 heterocycles. The summed E-state index contributed by atoms with van der Waals surface area (Å²) >= 11 is 0. The summed E-state index contributed by atoms with van der Waals surface area (Å²) in [6.45, 7) is 0. The van der Waals surface area contributed by atoms with E-state index in [-0.39, 0.29) is 0 Å². The van der Waals surface area contributed by atoms with Crippen LogP contribution in [0.1, 0.15) is 5.69 Å². The van der Waals surface area contributed by atoms with Gasteiger partial charge in [-0.1, -0.05) is 18.2 Å². The van der Waals surface area contributed by atoms with E-state index in [0.29, 0.717) is 6.01 Å². The quantitative estimate of drug-likeness (QED) is 0.562. The summed E-state index contributed by atoms with van der Waals surface area (Å²) in [4.78, 5) is 8.34. The molecule has 88 valence electrons. The molecule has 0 amide bonds. The predicted molar refractivity (Wildman–Crippen MR) is 69.5 cm³/mol. The standard InChI is InChI=1S/C13H10N4O/c1-2-7-12-11(6-1)16-13(18-12)17-15-9-10-5-3-4-8-14-10/h1-9H,(H,16,17)/b15-9+. The summed E-state index contributed by atoms with van der Waals surface area (Å²) in [6.07, 6.45) is 3.32. The normalized spacial score (nSPS) is 11.1. The minimum Gasteiger partial charge on any atom is -0.422 e. The van der Waals surface area contributed by atoms with Crippen molar-refractivity contribution in [2.45, 2.75) is 0 Å². The van der Waals surface area contributed by atoms with Crippen LogP contribution < -0.4 is 5.43 Å². The number of anilines is 1. The third-order valence-electron chi connectivity index (χ3n) is 2.34. The zero-order valence-corrected chi connectivity index (χ0v) is 9.45. The van der Waals surface area contributed by atoms with Crippen LogP contribution in [0.25, 0.3) is 11.1 Å². The number of hydrogen-bond acceptors (Lipinski definition) is 5. The second-order valence-corrected chi connectivity index (χ2v) is 3.61. The smallest absolute Gasteiger partial charge is 0.316 e. The molecule has 3 aromatic rings. The first kappa shape index (κ1) is 10.5. The van der Waals surface area contributed by atoms with Gasteiger partial charge in [0.05, 0.1) is 11.9 Å². The maximum Gasteiger partial charge on any atom is 0.316 e. The highest BCUT2D eigenvalue weighted by molar-refractivity contribution is 5.78. The number of rotatable bonds is 3. The summed E-state index contributed by atoms with van der Waals surface area (Å²) < 4.78 is 5.45. The fourth-order valence-electron chi connectivity index (χ4n) is 1.53. The van der Waals surface area contributed by atoms with E-state index in [1.165, 1.54) is 0 Å². The van der Waals surface area contributed by atoms with Gasteiger partial charge in [0.25, 0.3) is 0 Å². The Morgan fingerprint density at radius 1 is 1.11 bits per heavy atom. The molecule has 0 aliphatic heterocycles. The van der Waals surface area contributed by atoms with Crippen LogP contribution in [-0.4, -0.2) is 16.2 Å². The summed E-state index contributed by atoms with van der Waals surface area (Å²) in [5, 5.41) is 4.01. The molecule has 1 aromatic carbocycles. The van der Waals surface area contributed by atoms with Crippen molar-refractivity contribution in [2.24, 2.45) is 5.10 Å². The van der Waals surface area contributed by atoms with Gasteiger partial charge in [-0.3, -0.25) is 4.98 Å². The maximum atomic E-state index is 5.45. The Morgan fingerprint density at radius 3 is 2.83 bits per heavy atom. The number of pyridine rings is 1. The van der Waals surface area contributed by atoms with Crippen molar-refractivity contribution < 1.29 is 4.42 Å². The van der Waals surface area contributed by atoms with Crippen molar-refractivity contribution in [2.75, 3.05) is 5.43 Å². The van der Waals surface area contributed by atoms with Crippen molar-refractivity contribution in [3.63, 3.8) is 0 Å². The Balaban J connectivity index is 1.75. The molecule has 0 fully saturated rings. The third-order valence-corrected chi connectivity index (χ3v) is 2.34. The van der Waals surface area contributed by atoms with Gasteiger partial charge in [-0.2, -0.15) is 10.1 Å². The van der Waals surface area contributed by atoms with E-state index in [0.717, 1.165) is 16.8 Å². The lowest BCUT2D eigenvalue weighted by molar-refractivity contribution is 0.617. The maximum absolute atomic E-state index is 5.45. The summed E-state index contributed by atoms with van der Waals surface area (Å²) in [6, 6.07) is 13.5. The molecule has 0 saturated heterocycles. The zero-order valence-electron chi connectivity index (χ0n) is 9.45. The Labute approximate surface area is 103 Å². The number of hydrazone groups is 1. The lowest BCUT2D eigenvalue weighted by Gasteiger charge is -1.91. The number of oxazole rings is 1. The highest BCUT2D eigenvalue weighted by atomic mass is 16.4. The van der Waals surface area contributed by atoms with E-state index in [1.54, 1.807) is 12.4 Å². The molecule has 5 nitrogen and oxygen atoms in total. The van der Waals surface area contributed by atoms with Gasteiger partial charge in [-0.05, 0) is 24.3 Å². The summed E-state index contributed by atoms with van der Waals surface area (Å²) in [5.41, 5.74) is 5.03.